The second kappa shape index (κ2) is 5.83. The first-order chi connectivity index (χ1) is 9.75. The van der Waals surface area contributed by atoms with Crippen LogP contribution in [0.4, 0.5) is 16.0 Å². The number of hydrogen-bond donors (Lipinski definition) is 1. The van der Waals surface area contributed by atoms with Crippen LogP contribution >= 0.6 is 11.6 Å². The molecule has 3 nitrogen and oxygen atoms in total. The van der Waals surface area contributed by atoms with Gasteiger partial charge in [0, 0.05) is 18.4 Å². The smallest absolute Gasteiger partial charge is 0.207 e. The fourth-order valence-electron chi connectivity index (χ4n) is 2.79. The van der Waals surface area contributed by atoms with E-state index >= 15 is 0 Å². The maximum atomic E-state index is 13.8. The predicted octanol–water partition coefficient (Wildman–Crippen LogP) is 4.92. The number of benzene rings is 1. The molecule has 5 heteroatoms. The maximum Gasteiger partial charge on any atom is 0.207 e. The van der Waals surface area contributed by atoms with Crippen LogP contribution in [0.15, 0.2) is 30.6 Å². The molecule has 0 saturated heterocycles. The molecule has 0 atom stereocenters. The molecule has 1 N–H and O–H groups in total. The molecule has 1 fully saturated rings. The van der Waals surface area contributed by atoms with Crippen LogP contribution in [0.2, 0.25) is 5.02 Å². The predicted molar refractivity (Wildman–Crippen MR) is 79.0 cm³/mol. The molecule has 1 aromatic heterocycles. The summed E-state index contributed by atoms with van der Waals surface area (Å²) in [6, 6.07) is 5.10. The number of nitrogens with zero attached hydrogens (tertiary/aromatic N) is 2. The van der Waals surface area contributed by atoms with Crippen molar-refractivity contribution in [2.45, 2.75) is 38.1 Å². The zero-order chi connectivity index (χ0) is 13.9. The number of imidazole rings is 1. The van der Waals surface area contributed by atoms with Crippen molar-refractivity contribution in [3.63, 3.8) is 0 Å². The highest BCUT2D eigenvalue weighted by Crippen LogP contribution is 2.33. The standard InChI is InChI=1S/C15H17ClFN3/c16-12-7-4-8-13(17)14(12)19-15-18-9-10-20(15)11-5-2-1-3-6-11/h4,7-11H,1-3,5-6H2,(H,18,19). The number of aromatic nitrogens is 2. The average molecular weight is 294 g/mol. The Balaban J connectivity index is 1.86. The highest BCUT2D eigenvalue weighted by molar-refractivity contribution is 6.33. The third-order valence-electron chi connectivity index (χ3n) is 3.84. The van der Waals surface area contributed by atoms with Crippen molar-refractivity contribution in [3.05, 3.63) is 41.4 Å². The van der Waals surface area contributed by atoms with Crippen LogP contribution in [-0.4, -0.2) is 9.55 Å². The van der Waals surface area contributed by atoms with Gasteiger partial charge in [-0.25, -0.2) is 9.37 Å². The Morgan fingerprint density at radius 1 is 1.25 bits per heavy atom. The SMILES string of the molecule is Fc1cccc(Cl)c1Nc1nccn1C1CCCCC1. The molecule has 106 valence electrons. The summed E-state index contributed by atoms with van der Waals surface area (Å²) in [5, 5.41) is 3.40. The summed E-state index contributed by atoms with van der Waals surface area (Å²) in [5.74, 6) is 0.291. The molecule has 0 aliphatic heterocycles. The first-order valence-electron chi connectivity index (χ1n) is 6.99. The molecule has 1 heterocycles. The van der Waals surface area contributed by atoms with Gasteiger partial charge in [-0.3, -0.25) is 0 Å². The highest BCUT2D eigenvalue weighted by atomic mass is 35.5. The van der Waals surface area contributed by atoms with Crippen LogP contribution in [0.3, 0.4) is 0 Å². The Bertz CT molecular complexity index is 570. The van der Waals surface area contributed by atoms with E-state index in [0.29, 0.717) is 17.0 Å². The minimum atomic E-state index is -0.365. The fraction of sp³-hybridized carbons (Fsp3) is 0.400. The molecular weight excluding hydrogens is 277 g/mol. The van der Waals surface area contributed by atoms with E-state index in [1.807, 2.05) is 6.20 Å². The van der Waals surface area contributed by atoms with Gasteiger partial charge in [-0.05, 0) is 25.0 Å². The van der Waals surface area contributed by atoms with Crippen molar-refractivity contribution in [2.24, 2.45) is 0 Å². The molecule has 2 aromatic rings. The van der Waals surface area contributed by atoms with Crippen molar-refractivity contribution < 1.29 is 4.39 Å². The molecule has 0 amide bonds. The minimum Gasteiger partial charge on any atom is -0.322 e. The van der Waals surface area contributed by atoms with E-state index < -0.39 is 0 Å². The molecule has 20 heavy (non-hydrogen) atoms. The first kappa shape index (κ1) is 13.4. The molecule has 1 saturated carbocycles. The van der Waals surface area contributed by atoms with Crippen LogP contribution in [-0.2, 0) is 0 Å². The second-order valence-electron chi connectivity index (χ2n) is 5.17. The average Bonchev–Trinajstić information content (AvgIpc) is 2.92. The quantitative estimate of drug-likeness (QED) is 0.870. The lowest BCUT2D eigenvalue weighted by molar-refractivity contribution is 0.356. The Labute approximate surface area is 122 Å². The lowest BCUT2D eigenvalue weighted by Crippen LogP contribution is -2.14. The molecule has 1 aliphatic carbocycles. The van der Waals surface area contributed by atoms with E-state index in [9.17, 15) is 4.39 Å². The first-order valence-corrected chi connectivity index (χ1v) is 7.37. The summed E-state index contributed by atoms with van der Waals surface area (Å²) >= 11 is 6.05. The van der Waals surface area contributed by atoms with E-state index in [0.717, 1.165) is 12.8 Å². The Morgan fingerprint density at radius 3 is 2.80 bits per heavy atom. The van der Waals surface area contributed by atoms with E-state index in [4.69, 9.17) is 11.6 Å². The van der Waals surface area contributed by atoms with Gasteiger partial charge in [-0.1, -0.05) is 36.9 Å². The van der Waals surface area contributed by atoms with Crippen molar-refractivity contribution in [2.75, 3.05) is 5.32 Å². The van der Waals surface area contributed by atoms with Gasteiger partial charge < -0.3 is 9.88 Å². The van der Waals surface area contributed by atoms with Gasteiger partial charge in [0.05, 0.1) is 10.7 Å². The van der Waals surface area contributed by atoms with E-state index in [-0.39, 0.29) is 11.5 Å². The largest absolute Gasteiger partial charge is 0.322 e. The van der Waals surface area contributed by atoms with Crippen LogP contribution in [0.25, 0.3) is 0 Å². The van der Waals surface area contributed by atoms with E-state index in [1.54, 1.807) is 18.3 Å². The molecule has 0 spiro atoms. The Kier molecular flexibility index (Phi) is 3.92. The fourth-order valence-corrected chi connectivity index (χ4v) is 3.00. The monoisotopic (exact) mass is 293 g/mol. The zero-order valence-electron chi connectivity index (χ0n) is 11.1. The van der Waals surface area contributed by atoms with Crippen molar-refractivity contribution in [3.8, 4) is 0 Å². The van der Waals surface area contributed by atoms with Crippen LogP contribution < -0.4 is 5.32 Å². The van der Waals surface area contributed by atoms with Gasteiger partial charge >= 0.3 is 0 Å². The molecule has 1 aromatic carbocycles. The maximum absolute atomic E-state index is 13.8. The van der Waals surface area contributed by atoms with Gasteiger partial charge in [0.25, 0.3) is 0 Å². The third kappa shape index (κ3) is 2.66. The number of rotatable bonds is 3. The molecule has 1 aliphatic rings. The lowest BCUT2D eigenvalue weighted by Gasteiger charge is -2.25. The lowest BCUT2D eigenvalue weighted by atomic mass is 9.95. The van der Waals surface area contributed by atoms with Crippen molar-refractivity contribution >= 4 is 23.2 Å². The summed E-state index contributed by atoms with van der Waals surface area (Å²) < 4.78 is 15.9. The van der Waals surface area contributed by atoms with Gasteiger partial charge in [-0.15, -0.1) is 0 Å². The molecule has 0 radical (unpaired) electrons. The summed E-state index contributed by atoms with van der Waals surface area (Å²) in [6.45, 7) is 0. The highest BCUT2D eigenvalue weighted by Gasteiger charge is 2.19. The van der Waals surface area contributed by atoms with Crippen molar-refractivity contribution in [1.82, 2.24) is 9.55 Å². The van der Waals surface area contributed by atoms with Crippen LogP contribution in [0.5, 0.6) is 0 Å². The number of para-hydroxylation sites is 1. The minimum absolute atomic E-state index is 0.289. The third-order valence-corrected chi connectivity index (χ3v) is 4.15. The van der Waals surface area contributed by atoms with E-state index in [2.05, 4.69) is 14.9 Å². The molecular formula is C15H17ClFN3. The molecule has 3 rings (SSSR count). The Hall–Kier alpha value is -1.55. The van der Waals surface area contributed by atoms with Crippen molar-refractivity contribution in [1.29, 1.82) is 0 Å². The summed E-state index contributed by atoms with van der Waals surface area (Å²) in [6.07, 6.45) is 9.77. The molecule has 0 unspecified atom stereocenters. The zero-order valence-corrected chi connectivity index (χ0v) is 11.9. The van der Waals surface area contributed by atoms with Crippen LogP contribution in [0, 0.1) is 5.82 Å². The second-order valence-corrected chi connectivity index (χ2v) is 5.58. The topological polar surface area (TPSA) is 29.9 Å². The summed E-state index contributed by atoms with van der Waals surface area (Å²) in [5.41, 5.74) is 0.289. The number of halogens is 2. The van der Waals surface area contributed by atoms with Gasteiger partial charge in [0.1, 0.15) is 5.82 Å². The number of nitrogens with one attached hydrogen (secondary N) is 1. The number of hydrogen-bond acceptors (Lipinski definition) is 2. The van der Waals surface area contributed by atoms with E-state index in [1.165, 1.54) is 25.3 Å². The summed E-state index contributed by atoms with van der Waals surface area (Å²) in [7, 11) is 0. The number of anilines is 2. The summed E-state index contributed by atoms with van der Waals surface area (Å²) in [4.78, 5) is 4.30. The van der Waals surface area contributed by atoms with Crippen LogP contribution in [0.1, 0.15) is 38.1 Å². The van der Waals surface area contributed by atoms with Gasteiger partial charge in [0.15, 0.2) is 0 Å². The van der Waals surface area contributed by atoms with Gasteiger partial charge in [0.2, 0.25) is 5.95 Å². The Morgan fingerprint density at radius 2 is 2.05 bits per heavy atom. The molecule has 0 bridgehead atoms. The van der Waals surface area contributed by atoms with Gasteiger partial charge in [-0.2, -0.15) is 0 Å². The normalized spacial score (nSPS) is 16.3.